The van der Waals surface area contributed by atoms with E-state index in [4.69, 9.17) is 10.2 Å². The van der Waals surface area contributed by atoms with Crippen molar-refractivity contribution in [2.75, 3.05) is 5.73 Å². The van der Waals surface area contributed by atoms with Crippen molar-refractivity contribution in [3.8, 4) is 11.5 Å². The third kappa shape index (κ3) is 3.55. The molecular weight excluding hydrogens is 297 g/mol. The van der Waals surface area contributed by atoms with Crippen LogP contribution >= 0.6 is 0 Å². The maximum atomic E-state index is 13.1. The van der Waals surface area contributed by atoms with E-state index in [0.717, 1.165) is 5.56 Å². The number of aromatic nitrogens is 1. The first-order chi connectivity index (χ1) is 11.1. The lowest BCUT2D eigenvalue weighted by atomic mass is 10.2. The van der Waals surface area contributed by atoms with Crippen molar-refractivity contribution < 1.29 is 13.6 Å². The van der Waals surface area contributed by atoms with Crippen molar-refractivity contribution in [1.29, 1.82) is 0 Å². The van der Waals surface area contributed by atoms with Gasteiger partial charge in [0.15, 0.2) is 5.69 Å². The Morgan fingerprint density at radius 3 is 2.74 bits per heavy atom. The van der Waals surface area contributed by atoms with Gasteiger partial charge in [-0.1, -0.05) is 12.1 Å². The lowest BCUT2D eigenvalue weighted by Gasteiger charge is -2.03. The maximum absolute atomic E-state index is 13.1. The van der Waals surface area contributed by atoms with Crippen molar-refractivity contribution in [2.45, 2.75) is 6.54 Å². The maximum Gasteiger partial charge on any atom is 0.273 e. The van der Waals surface area contributed by atoms with Crippen LogP contribution in [0.15, 0.2) is 59.2 Å². The zero-order valence-corrected chi connectivity index (χ0v) is 12.1. The number of halogens is 1. The molecule has 0 atom stereocenters. The number of nitrogens with one attached hydrogen (secondary N) is 1. The van der Waals surface area contributed by atoms with Crippen molar-refractivity contribution in [2.24, 2.45) is 0 Å². The molecule has 0 aliphatic carbocycles. The van der Waals surface area contributed by atoms with E-state index < -0.39 is 0 Å². The molecule has 3 aromatic rings. The van der Waals surface area contributed by atoms with E-state index >= 15 is 0 Å². The SMILES string of the molecule is Nc1ccc(-c2nc(C(=O)NCc3cccc(F)c3)co2)cc1. The molecule has 0 fully saturated rings. The Hall–Kier alpha value is -3.15. The number of hydrogen-bond donors (Lipinski definition) is 2. The van der Waals surface area contributed by atoms with Gasteiger partial charge in [0.05, 0.1) is 0 Å². The first kappa shape index (κ1) is 14.8. The number of benzene rings is 2. The van der Waals surface area contributed by atoms with Crippen LogP contribution in [0.5, 0.6) is 0 Å². The van der Waals surface area contributed by atoms with Crippen molar-refractivity contribution in [1.82, 2.24) is 10.3 Å². The summed E-state index contributed by atoms with van der Waals surface area (Å²) in [5.74, 6) is -0.399. The fourth-order valence-electron chi connectivity index (χ4n) is 2.06. The van der Waals surface area contributed by atoms with Gasteiger partial charge < -0.3 is 15.5 Å². The van der Waals surface area contributed by atoms with E-state index in [1.807, 2.05) is 0 Å². The van der Waals surface area contributed by atoms with Gasteiger partial charge in [-0.05, 0) is 42.0 Å². The second kappa shape index (κ2) is 6.31. The van der Waals surface area contributed by atoms with Crippen LogP contribution in [-0.4, -0.2) is 10.9 Å². The normalized spacial score (nSPS) is 10.5. The molecule has 0 radical (unpaired) electrons. The van der Waals surface area contributed by atoms with Crippen LogP contribution in [0.25, 0.3) is 11.5 Å². The van der Waals surface area contributed by atoms with Gasteiger partial charge in [0, 0.05) is 17.8 Å². The fourth-order valence-corrected chi connectivity index (χ4v) is 2.06. The molecule has 23 heavy (non-hydrogen) atoms. The van der Waals surface area contributed by atoms with Gasteiger partial charge in [0.1, 0.15) is 12.1 Å². The highest BCUT2D eigenvalue weighted by Gasteiger charge is 2.13. The van der Waals surface area contributed by atoms with Crippen LogP contribution in [0.3, 0.4) is 0 Å². The molecule has 3 rings (SSSR count). The summed E-state index contributed by atoms with van der Waals surface area (Å²) in [4.78, 5) is 16.2. The van der Waals surface area contributed by atoms with E-state index in [-0.39, 0.29) is 24.0 Å². The number of carbonyl (C=O) groups excluding carboxylic acids is 1. The number of anilines is 1. The highest BCUT2D eigenvalue weighted by Crippen LogP contribution is 2.19. The van der Waals surface area contributed by atoms with E-state index in [9.17, 15) is 9.18 Å². The van der Waals surface area contributed by atoms with Gasteiger partial charge >= 0.3 is 0 Å². The lowest BCUT2D eigenvalue weighted by molar-refractivity contribution is 0.0946. The predicted octanol–water partition coefficient (Wildman–Crippen LogP) is 2.99. The number of nitrogen functional groups attached to an aromatic ring is 1. The lowest BCUT2D eigenvalue weighted by Crippen LogP contribution is -2.23. The summed E-state index contributed by atoms with van der Waals surface area (Å²) < 4.78 is 18.4. The summed E-state index contributed by atoms with van der Waals surface area (Å²) in [6.07, 6.45) is 1.28. The number of hydrogen-bond acceptors (Lipinski definition) is 4. The largest absolute Gasteiger partial charge is 0.444 e. The average molecular weight is 311 g/mol. The van der Waals surface area contributed by atoms with Crippen molar-refractivity contribution in [3.05, 3.63) is 71.9 Å². The minimum atomic E-state index is -0.389. The first-order valence-electron chi connectivity index (χ1n) is 6.96. The molecule has 5 nitrogen and oxygen atoms in total. The van der Waals surface area contributed by atoms with Crippen LogP contribution in [0.2, 0.25) is 0 Å². The Morgan fingerprint density at radius 2 is 2.00 bits per heavy atom. The second-order valence-corrected chi connectivity index (χ2v) is 4.97. The van der Waals surface area contributed by atoms with E-state index in [0.29, 0.717) is 17.1 Å². The Kier molecular flexibility index (Phi) is 4.05. The standard InChI is InChI=1S/C17H14FN3O2/c18-13-3-1-2-11(8-13)9-20-16(22)15-10-23-17(21-15)12-4-6-14(19)7-5-12/h1-8,10H,9,19H2,(H,20,22). The summed E-state index contributed by atoms with van der Waals surface area (Å²) in [5, 5.41) is 2.67. The molecule has 0 aliphatic heterocycles. The first-order valence-corrected chi connectivity index (χ1v) is 6.96. The van der Waals surface area contributed by atoms with Crippen molar-refractivity contribution in [3.63, 3.8) is 0 Å². The predicted molar refractivity (Wildman–Crippen MR) is 83.9 cm³/mol. The smallest absolute Gasteiger partial charge is 0.273 e. The molecule has 6 heteroatoms. The van der Waals surface area contributed by atoms with Crippen LogP contribution in [0, 0.1) is 5.82 Å². The minimum Gasteiger partial charge on any atom is -0.444 e. The van der Waals surface area contributed by atoms with E-state index in [1.165, 1.54) is 18.4 Å². The van der Waals surface area contributed by atoms with Crippen LogP contribution < -0.4 is 11.1 Å². The molecule has 0 spiro atoms. The van der Waals surface area contributed by atoms with Gasteiger partial charge in [0.25, 0.3) is 5.91 Å². The van der Waals surface area contributed by atoms with E-state index in [2.05, 4.69) is 10.3 Å². The molecular formula is C17H14FN3O2. The molecule has 116 valence electrons. The third-order valence-electron chi connectivity index (χ3n) is 3.24. The van der Waals surface area contributed by atoms with Crippen LogP contribution in [0.4, 0.5) is 10.1 Å². The molecule has 0 saturated heterocycles. The Labute approximate surface area is 132 Å². The highest BCUT2D eigenvalue weighted by atomic mass is 19.1. The second-order valence-electron chi connectivity index (χ2n) is 4.97. The summed E-state index contributed by atoms with van der Waals surface area (Å²) in [7, 11) is 0. The fraction of sp³-hybridized carbons (Fsp3) is 0.0588. The number of oxazole rings is 1. The molecule has 0 bridgehead atoms. The molecule has 0 unspecified atom stereocenters. The Balaban J connectivity index is 1.67. The molecule has 0 aliphatic rings. The van der Waals surface area contributed by atoms with E-state index in [1.54, 1.807) is 36.4 Å². The molecule has 1 heterocycles. The topological polar surface area (TPSA) is 81.1 Å². The van der Waals surface area contributed by atoms with Gasteiger partial charge in [-0.2, -0.15) is 0 Å². The summed E-state index contributed by atoms with van der Waals surface area (Å²) in [6.45, 7) is 0.209. The number of amides is 1. The highest BCUT2D eigenvalue weighted by molar-refractivity contribution is 5.92. The molecule has 1 aromatic heterocycles. The number of nitrogens with zero attached hydrogens (tertiary/aromatic N) is 1. The van der Waals surface area contributed by atoms with Gasteiger partial charge in [-0.15, -0.1) is 0 Å². The summed E-state index contributed by atoms with van der Waals surface area (Å²) >= 11 is 0. The van der Waals surface area contributed by atoms with Crippen LogP contribution in [0.1, 0.15) is 16.1 Å². The Bertz CT molecular complexity index is 828. The average Bonchev–Trinajstić information content (AvgIpc) is 3.03. The molecule has 1 amide bonds. The minimum absolute atomic E-state index is 0.160. The summed E-state index contributed by atoms with van der Waals surface area (Å²) in [5.41, 5.74) is 7.81. The number of rotatable bonds is 4. The number of nitrogens with two attached hydrogens (primary N) is 1. The zero-order chi connectivity index (χ0) is 16.2. The monoisotopic (exact) mass is 311 g/mol. The quantitative estimate of drug-likeness (QED) is 0.726. The van der Waals surface area contributed by atoms with Gasteiger partial charge in [-0.3, -0.25) is 4.79 Å². The van der Waals surface area contributed by atoms with Gasteiger partial charge in [0.2, 0.25) is 5.89 Å². The van der Waals surface area contributed by atoms with Crippen molar-refractivity contribution >= 4 is 11.6 Å². The van der Waals surface area contributed by atoms with Crippen LogP contribution in [-0.2, 0) is 6.54 Å². The summed E-state index contributed by atoms with van der Waals surface area (Å²) in [6, 6.07) is 13.0. The molecule has 3 N–H and O–H groups in total. The molecule has 0 saturated carbocycles. The molecule has 2 aromatic carbocycles. The third-order valence-corrected chi connectivity index (χ3v) is 3.24. The van der Waals surface area contributed by atoms with Gasteiger partial charge in [-0.25, -0.2) is 9.37 Å². The Morgan fingerprint density at radius 1 is 1.22 bits per heavy atom. The zero-order valence-electron chi connectivity index (χ0n) is 12.1. The number of carbonyl (C=O) groups is 1.